The van der Waals surface area contributed by atoms with Crippen LogP contribution in [0.5, 0.6) is 0 Å². The second-order valence-electron chi connectivity index (χ2n) is 7.69. The van der Waals surface area contributed by atoms with Crippen molar-refractivity contribution < 1.29 is 8.42 Å². The summed E-state index contributed by atoms with van der Waals surface area (Å²) in [5.41, 5.74) is 2.13. The summed E-state index contributed by atoms with van der Waals surface area (Å²) in [6, 6.07) is 15.5. The second-order valence-corrected chi connectivity index (χ2v) is 10.6. The van der Waals surface area contributed by atoms with E-state index in [1.54, 1.807) is 27.1 Å². The molecule has 0 saturated carbocycles. The zero-order chi connectivity index (χ0) is 20.4. The van der Waals surface area contributed by atoms with Crippen LogP contribution in [-0.2, 0) is 23.0 Å². The first-order valence-corrected chi connectivity index (χ1v) is 12.4. The Labute approximate surface area is 175 Å². The fourth-order valence-electron chi connectivity index (χ4n) is 4.09. The van der Waals surface area contributed by atoms with Gasteiger partial charge in [0.05, 0.1) is 15.1 Å². The Morgan fingerprint density at radius 2 is 1.79 bits per heavy atom. The Morgan fingerprint density at radius 3 is 2.48 bits per heavy atom. The van der Waals surface area contributed by atoms with Gasteiger partial charge in [-0.3, -0.25) is 9.36 Å². The van der Waals surface area contributed by atoms with Crippen LogP contribution in [0.4, 0.5) is 0 Å². The molecule has 0 aliphatic carbocycles. The monoisotopic (exact) mass is 430 g/mol. The number of aryl methyl sites for hydroxylation is 1. The van der Waals surface area contributed by atoms with Crippen LogP contribution >= 0.6 is 11.3 Å². The molecule has 1 saturated heterocycles. The van der Waals surface area contributed by atoms with E-state index in [4.69, 9.17) is 0 Å². The number of benzene rings is 2. The van der Waals surface area contributed by atoms with E-state index in [0.29, 0.717) is 25.6 Å². The van der Waals surface area contributed by atoms with Crippen molar-refractivity contribution in [3.8, 4) is 0 Å². The van der Waals surface area contributed by atoms with Crippen LogP contribution in [0, 0.1) is 5.92 Å². The van der Waals surface area contributed by atoms with Crippen LogP contribution in [0.1, 0.15) is 31.7 Å². The summed E-state index contributed by atoms with van der Waals surface area (Å²) in [7, 11) is -3.54. The van der Waals surface area contributed by atoms with Crippen LogP contribution in [0.3, 0.4) is 0 Å². The fraction of sp³-hybridized carbons (Fsp3) is 0.409. The summed E-state index contributed by atoms with van der Waals surface area (Å²) in [4.78, 5) is 12.5. The molecule has 1 fully saturated rings. The number of fused-ring (bicyclic) bond motifs is 1. The number of rotatable bonds is 6. The molecule has 5 nitrogen and oxygen atoms in total. The molecule has 154 valence electrons. The number of hydrogen-bond acceptors (Lipinski definition) is 4. The maximum Gasteiger partial charge on any atom is 0.308 e. The van der Waals surface area contributed by atoms with E-state index >= 15 is 0 Å². The maximum absolute atomic E-state index is 13.2. The first-order valence-electron chi connectivity index (χ1n) is 10.2. The number of thiazole rings is 1. The molecule has 3 aromatic rings. The van der Waals surface area contributed by atoms with E-state index < -0.39 is 10.0 Å². The van der Waals surface area contributed by atoms with Gasteiger partial charge in [-0.15, -0.1) is 0 Å². The van der Waals surface area contributed by atoms with Crippen LogP contribution in [0.15, 0.2) is 58.2 Å². The molecule has 0 amide bonds. The molecule has 0 spiro atoms. The number of aromatic nitrogens is 1. The Morgan fingerprint density at radius 1 is 1.07 bits per heavy atom. The minimum atomic E-state index is -3.54. The number of piperidine rings is 1. The highest BCUT2D eigenvalue weighted by Gasteiger charge is 2.29. The third kappa shape index (κ3) is 4.17. The highest BCUT2D eigenvalue weighted by Crippen LogP contribution is 2.28. The van der Waals surface area contributed by atoms with Gasteiger partial charge in [0.15, 0.2) is 0 Å². The molecule has 2 heterocycles. The predicted octanol–water partition coefficient (Wildman–Crippen LogP) is 4.12. The summed E-state index contributed by atoms with van der Waals surface area (Å²) in [6.07, 6.45) is 3.61. The molecule has 0 atom stereocenters. The second kappa shape index (κ2) is 8.42. The zero-order valence-electron chi connectivity index (χ0n) is 16.6. The van der Waals surface area contributed by atoms with Crippen molar-refractivity contribution >= 4 is 31.6 Å². The van der Waals surface area contributed by atoms with E-state index in [9.17, 15) is 13.2 Å². The lowest BCUT2D eigenvalue weighted by molar-refractivity contribution is 0.273. The van der Waals surface area contributed by atoms with Gasteiger partial charge in [0, 0.05) is 19.6 Å². The third-order valence-corrected chi connectivity index (χ3v) is 8.50. The molecule has 1 aliphatic rings. The molecule has 0 radical (unpaired) electrons. The van der Waals surface area contributed by atoms with Gasteiger partial charge in [0.2, 0.25) is 10.0 Å². The summed E-state index contributed by atoms with van der Waals surface area (Å²) >= 11 is 1.12. The van der Waals surface area contributed by atoms with E-state index in [2.05, 4.69) is 12.1 Å². The third-order valence-electron chi connectivity index (χ3n) is 5.67. The van der Waals surface area contributed by atoms with Gasteiger partial charge in [-0.2, -0.15) is 4.31 Å². The minimum Gasteiger partial charge on any atom is -0.299 e. The number of hydrogen-bond donors (Lipinski definition) is 0. The normalized spacial score (nSPS) is 16.4. The van der Waals surface area contributed by atoms with Crippen molar-refractivity contribution in [2.45, 2.75) is 44.0 Å². The average Bonchev–Trinajstić information content (AvgIpc) is 3.04. The summed E-state index contributed by atoms with van der Waals surface area (Å²) in [6.45, 7) is 3.77. The molecule has 1 aromatic heterocycles. The van der Waals surface area contributed by atoms with Gasteiger partial charge in [-0.25, -0.2) is 8.42 Å². The van der Waals surface area contributed by atoms with Gasteiger partial charge in [-0.05, 0) is 55.4 Å². The quantitative estimate of drug-likeness (QED) is 0.591. The molecule has 2 aromatic carbocycles. The van der Waals surface area contributed by atoms with Gasteiger partial charge >= 0.3 is 4.87 Å². The van der Waals surface area contributed by atoms with Crippen molar-refractivity contribution in [3.05, 3.63) is 63.8 Å². The van der Waals surface area contributed by atoms with Crippen molar-refractivity contribution in [3.63, 3.8) is 0 Å². The standard InChI is InChI=1S/C22H26N2O3S2/c1-2-12-24-20-9-8-19(16-21(20)28-22(24)25)29(26,27)23-13-10-18(11-14-23)15-17-6-4-3-5-7-17/h3-9,16,18H,2,10-15H2,1H3. The Balaban J connectivity index is 1.49. The highest BCUT2D eigenvalue weighted by atomic mass is 32.2. The van der Waals surface area contributed by atoms with Crippen molar-refractivity contribution in [1.29, 1.82) is 0 Å². The molecular weight excluding hydrogens is 404 g/mol. The lowest BCUT2D eigenvalue weighted by Crippen LogP contribution is -2.38. The summed E-state index contributed by atoms with van der Waals surface area (Å²) < 4.78 is 30.4. The topological polar surface area (TPSA) is 59.4 Å². The molecule has 1 aliphatic heterocycles. The van der Waals surface area contributed by atoms with E-state index in [1.165, 1.54) is 5.56 Å². The molecule has 0 bridgehead atoms. The van der Waals surface area contributed by atoms with Gasteiger partial charge < -0.3 is 0 Å². The van der Waals surface area contributed by atoms with Crippen LogP contribution in [0.25, 0.3) is 10.2 Å². The molecule has 29 heavy (non-hydrogen) atoms. The lowest BCUT2D eigenvalue weighted by atomic mass is 9.91. The van der Waals surface area contributed by atoms with Crippen molar-refractivity contribution in [2.24, 2.45) is 5.92 Å². The van der Waals surface area contributed by atoms with Crippen LogP contribution in [-0.4, -0.2) is 30.4 Å². The van der Waals surface area contributed by atoms with Gasteiger partial charge in [-0.1, -0.05) is 48.6 Å². The molecule has 0 N–H and O–H groups in total. The van der Waals surface area contributed by atoms with Gasteiger partial charge in [0.1, 0.15) is 0 Å². The maximum atomic E-state index is 13.2. The minimum absolute atomic E-state index is 0.0295. The number of nitrogens with zero attached hydrogens (tertiary/aromatic N) is 2. The lowest BCUT2D eigenvalue weighted by Gasteiger charge is -2.31. The smallest absolute Gasteiger partial charge is 0.299 e. The first-order chi connectivity index (χ1) is 14.0. The predicted molar refractivity (Wildman–Crippen MR) is 118 cm³/mol. The van der Waals surface area contributed by atoms with E-state index in [0.717, 1.165) is 47.2 Å². The van der Waals surface area contributed by atoms with Crippen molar-refractivity contribution in [2.75, 3.05) is 13.1 Å². The zero-order valence-corrected chi connectivity index (χ0v) is 18.2. The summed E-state index contributed by atoms with van der Waals surface area (Å²) in [5.74, 6) is 0.514. The van der Waals surface area contributed by atoms with Gasteiger partial charge in [0.25, 0.3) is 0 Å². The first kappa shape index (κ1) is 20.3. The molecule has 4 rings (SSSR count). The molecule has 7 heteroatoms. The largest absolute Gasteiger partial charge is 0.308 e. The Hall–Kier alpha value is -1.96. The highest BCUT2D eigenvalue weighted by molar-refractivity contribution is 7.89. The number of sulfonamides is 1. The molecular formula is C22H26N2O3S2. The SMILES string of the molecule is CCCn1c(=O)sc2cc(S(=O)(=O)N3CCC(Cc4ccccc4)CC3)ccc21. The van der Waals surface area contributed by atoms with Crippen LogP contribution in [0.2, 0.25) is 0 Å². The fourth-order valence-corrected chi connectivity index (χ4v) is 6.62. The summed E-state index contributed by atoms with van der Waals surface area (Å²) in [5, 5.41) is 0. The van der Waals surface area contributed by atoms with E-state index in [-0.39, 0.29) is 9.77 Å². The van der Waals surface area contributed by atoms with Crippen LogP contribution < -0.4 is 4.87 Å². The van der Waals surface area contributed by atoms with Crippen molar-refractivity contribution in [1.82, 2.24) is 8.87 Å². The Bertz CT molecular complexity index is 1140. The van der Waals surface area contributed by atoms with E-state index in [1.807, 2.05) is 25.1 Å². The molecule has 0 unspecified atom stereocenters. The Kier molecular flexibility index (Phi) is 5.90. The average molecular weight is 431 g/mol.